The molecule has 21 heavy (non-hydrogen) atoms. The summed E-state index contributed by atoms with van der Waals surface area (Å²) in [5.41, 5.74) is 13.6. The number of rotatable bonds is 3. The fourth-order valence-electron chi connectivity index (χ4n) is 3.13. The maximum absolute atomic E-state index is 5.48. The van der Waals surface area contributed by atoms with E-state index in [0.717, 1.165) is 36.7 Å². The van der Waals surface area contributed by atoms with Crippen LogP contribution in [0.2, 0.25) is 0 Å². The first-order chi connectivity index (χ1) is 9.92. The monoisotopic (exact) mass is 290 g/mol. The number of aromatic nitrogens is 1. The third-order valence-electron chi connectivity index (χ3n) is 4.13. The highest BCUT2D eigenvalue weighted by molar-refractivity contribution is 5.79. The van der Waals surface area contributed by atoms with Gasteiger partial charge in [-0.05, 0) is 33.4 Å². The molecule has 1 aliphatic heterocycles. The zero-order valence-electron chi connectivity index (χ0n) is 13.4. The number of anilines is 1. The van der Waals surface area contributed by atoms with Gasteiger partial charge in [-0.25, -0.2) is 4.99 Å². The molecule has 0 amide bonds. The van der Waals surface area contributed by atoms with Crippen molar-refractivity contribution >= 4 is 17.3 Å². The molecule has 0 aromatic carbocycles. The third kappa shape index (κ3) is 3.44. The van der Waals surface area contributed by atoms with Crippen LogP contribution >= 0.6 is 0 Å². The molecule has 0 unspecified atom stereocenters. The summed E-state index contributed by atoms with van der Waals surface area (Å²) in [5, 5.41) is 0. The van der Waals surface area contributed by atoms with Crippen molar-refractivity contribution in [3.8, 4) is 0 Å². The van der Waals surface area contributed by atoms with E-state index < -0.39 is 0 Å². The Hall–Kier alpha value is -1.82. The van der Waals surface area contributed by atoms with Crippen LogP contribution in [0.15, 0.2) is 17.3 Å². The topological polar surface area (TPSA) is 83.8 Å². The quantitative estimate of drug-likeness (QED) is 0.646. The molecule has 1 aromatic rings. The average Bonchev–Trinajstić information content (AvgIpc) is 2.40. The minimum atomic E-state index is 0.0644. The summed E-state index contributed by atoms with van der Waals surface area (Å²) < 4.78 is 0. The lowest BCUT2D eigenvalue weighted by molar-refractivity contribution is 0.140. The fourth-order valence-corrected chi connectivity index (χ4v) is 3.13. The molecule has 2 atom stereocenters. The molecule has 1 saturated heterocycles. The number of guanidine groups is 1. The molecule has 1 aliphatic rings. The van der Waals surface area contributed by atoms with E-state index in [0.29, 0.717) is 12.1 Å². The Balaban J connectivity index is 2.25. The molecule has 0 spiro atoms. The number of aliphatic imine (C=N–C) groups is 1. The van der Waals surface area contributed by atoms with Crippen LogP contribution in [0.5, 0.6) is 0 Å². The lowest BCUT2D eigenvalue weighted by Gasteiger charge is -2.45. The molecule has 6 nitrogen and oxygen atoms in total. The number of pyridine rings is 1. The van der Waals surface area contributed by atoms with Crippen molar-refractivity contribution in [2.45, 2.75) is 39.8 Å². The molecule has 4 N–H and O–H groups in total. The summed E-state index contributed by atoms with van der Waals surface area (Å²) in [4.78, 5) is 13.5. The highest BCUT2D eigenvalue weighted by Crippen LogP contribution is 2.26. The lowest BCUT2D eigenvalue weighted by atomic mass is 10.1. The smallest absolute Gasteiger partial charge is 0.191 e. The second-order valence-electron chi connectivity index (χ2n) is 5.77. The summed E-state index contributed by atoms with van der Waals surface area (Å²) in [7, 11) is 0. The van der Waals surface area contributed by atoms with Crippen LogP contribution in [0.1, 0.15) is 26.5 Å². The third-order valence-corrected chi connectivity index (χ3v) is 4.13. The molecule has 0 saturated carbocycles. The molecule has 6 heteroatoms. The number of aryl methyl sites for hydroxylation is 1. The van der Waals surface area contributed by atoms with Crippen LogP contribution in [-0.2, 0) is 0 Å². The molecular weight excluding hydrogens is 264 g/mol. The van der Waals surface area contributed by atoms with E-state index in [1.807, 2.05) is 19.2 Å². The van der Waals surface area contributed by atoms with E-state index in [9.17, 15) is 0 Å². The van der Waals surface area contributed by atoms with Gasteiger partial charge in [0.25, 0.3) is 0 Å². The fraction of sp³-hybridized carbons (Fsp3) is 0.600. The molecule has 0 bridgehead atoms. The van der Waals surface area contributed by atoms with E-state index in [-0.39, 0.29) is 5.96 Å². The number of nitrogens with zero attached hydrogens (tertiary/aromatic N) is 4. The van der Waals surface area contributed by atoms with Gasteiger partial charge in [0.05, 0.1) is 23.3 Å². The van der Waals surface area contributed by atoms with Crippen LogP contribution < -0.4 is 16.4 Å². The van der Waals surface area contributed by atoms with Gasteiger partial charge in [0.1, 0.15) is 0 Å². The normalized spacial score (nSPS) is 23.1. The van der Waals surface area contributed by atoms with Crippen molar-refractivity contribution in [1.82, 2.24) is 9.88 Å². The van der Waals surface area contributed by atoms with Crippen molar-refractivity contribution in [1.29, 1.82) is 0 Å². The maximum atomic E-state index is 5.48. The summed E-state index contributed by atoms with van der Waals surface area (Å²) in [5.74, 6) is 0.0644. The summed E-state index contributed by atoms with van der Waals surface area (Å²) in [6.07, 6.45) is 1.90. The summed E-state index contributed by atoms with van der Waals surface area (Å²) in [6, 6.07) is 3.06. The predicted octanol–water partition coefficient (Wildman–Crippen LogP) is 1.21. The first-order valence-electron chi connectivity index (χ1n) is 7.49. The number of hydrogen-bond donors (Lipinski definition) is 2. The molecule has 0 aliphatic carbocycles. The number of piperazine rings is 1. The van der Waals surface area contributed by atoms with Gasteiger partial charge in [-0.2, -0.15) is 0 Å². The second-order valence-corrected chi connectivity index (χ2v) is 5.77. The Bertz CT molecular complexity index is 511. The highest BCUT2D eigenvalue weighted by atomic mass is 15.3. The van der Waals surface area contributed by atoms with Crippen molar-refractivity contribution in [3.63, 3.8) is 0 Å². The first-order valence-corrected chi connectivity index (χ1v) is 7.49. The van der Waals surface area contributed by atoms with E-state index in [2.05, 4.69) is 40.5 Å². The Morgan fingerprint density at radius 1 is 1.33 bits per heavy atom. The van der Waals surface area contributed by atoms with E-state index in [1.165, 1.54) is 0 Å². The zero-order chi connectivity index (χ0) is 15.6. The van der Waals surface area contributed by atoms with Gasteiger partial charge in [0.2, 0.25) is 0 Å². The zero-order valence-corrected chi connectivity index (χ0v) is 13.4. The summed E-state index contributed by atoms with van der Waals surface area (Å²) >= 11 is 0. The average molecular weight is 290 g/mol. The van der Waals surface area contributed by atoms with Crippen LogP contribution in [0.3, 0.4) is 0 Å². The second kappa shape index (κ2) is 6.30. The van der Waals surface area contributed by atoms with Crippen molar-refractivity contribution < 1.29 is 0 Å². The SMILES string of the molecule is CCN1[C@H](C)CN(c2cnc(C)c(N=C(N)N)c2)C[C@@H]1C. The Morgan fingerprint density at radius 3 is 2.48 bits per heavy atom. The molecule has 0 radical (unpaired) electrons. The van der Waals surface area contributed by atoms with Crippen molar-refractivity contribution in [3.05, 3.63) is 18.0 Å². The van der Waals surface area contributed by atoms with Gasteiger partial charge in [0, 0.05) is 25.2 Å². The van der Waals surface area contributed by atoms with Gasteiger partial charge in [-0.15, -0.1) is 0 Å². The van der Waals surface area contributed by atoms with Gasteiger partial charge in [-0.1, -0.05) is 6.92 Å². The molecular formula is C15H26N6. The maximum Gasteiger partial charge on any atom is 0.191 e. The highest BCUT2D eigenvalue weighted by Gasteiger charge is 2.28. The standard InChI is InChI=1S/C15H26N6/c1-5-21-10(2)8-20(9-11(21)3)13-6-14(19-15(16)17)12(4)18-7-13/h6-7,10-11H,5,8-9H2,1-4H3,(H4,16,17,19)/t10-,11+. The van der Waals surface area contributed by atoms with Gasteiger partial charge >= 0.3 is 0 Å². The Morgan fingerprint density at radius 2 is 1.95 bits per heavy atom. The molecule has 2 rings (SSSR count). The van der Waals surface area contributed by atoms with Crippen LogP contribution in [-0.4, -0.2) is 47.6 Å². The minimum absolute atomic E-state index is 0.0644. The Kier molecular flexibility index (Phi) is 4.67. The molecule has 2 heterocycles. The Labute approximate surface area is 126 Å². The van der Waals surface area contributed by atoms with Crippen LogP contribution in [0.4, 0.5) is 11.4 Å². The van der Waals surface area contributed by atoms with E-state index in [1.54, 1.807) is 0 Å². The molecule has 1 fully saturated rings. The minimum Gasteiger partial charge on any atom is -0.370 e. The van der Waals surface area contributed by atoms with E-state index in [4.69, 9.17) is 11.5 Å². The van der Waals surface area contributed by atoms with Crippen LogP contribution in [0.25, 0.3) is 0 Å². The predicted molar refractivity (Wildman–Crippen MR) is 88.0 cm³/mol. The van der Waals surface area contributed by atoms with Gasteiger partial charge < -0.3 is 16.4 Å². The number of nitrogens with two attached hydrogens (primary N) is 2. The van der Waals surface area contributed by atoms with Gasteiger partial charge in [0.15, 0.2) is 5.96 Å². The number of hydrogen-bond acceptors (Lipinski definition) is 4. The largest absolute Gasteiger partial charge is 0.370 e. The van der Waals surface area contributed by atoms with E-state index >= 15 is 0 Å². The summed E-state index contributed by atoms with van der Waals surface area (Å²) in [6.45, 7) is 11.7. The van der Waals surface area contributed by atoms with Crippen molar-refractivity contribution in [2.24, 2.45) is 16.5 Å². The van der Waals surface area contributed by atoms with Crippen molar-refractivity contribution in [2.75, 3.05) is 24.5 Å². The number of likely N-dealkylation sites (N-methyl/N-ethyl adjacent to an activating group) is 1. The first kappa shape index (κ1) is 15.6. The molecule has 116 valence electrons. The van der Waals surface area contributed by atoms with Crippen LogP contribution in [0, 0.1) is 6.92 Å². The molecule has 1 aromatic heterocycles. The van der Waals surface area contributed by atoms with Gasteiger partial charge in [-0.3, -0.25) is 9.88 Å². The lowest BCUT2D eigenvalue weighted by Crippen LogP contribution is -2.56.